The number of nitrogens with one attached hydrogen (secondary N) is 2. The van der Waals surface area contributed by atoms with Crippen molar-refractivity contribution in [3.05, 3.63) is 24.4 Å². The van der Waals surface area contributed by atoms with Crippen molar-refractivity contribution in [2.75, 3.05) is 32.1 Å². The average Bonchev–Trinajstić information content (AvgIpc) is 2.31. The summed E-state index contributed by atoms with van der Waals surface area (Å²) in [5.41, 5.74) is 0. The van der Waals surface area contributed by atoms with Gasteiger partial charge in [-0.15, -0.1) is 24.8 Å². The first-order valence-electron chi connectivity index (χ1n) is 5.09. The lowest BCUT2D eigenvalue weighted by Gasteiger charge is -2.34. The number of anilines is 1. The SMILES string of the molecule is CON1CCNCC1Nc1ccccn1.Cl.Cl. The highest BCUT2D eigenvalue weighted by molar-refractivity contribution is 5.85. The van der Waals surface area contributed by atoms with Crippen LogP contribution in [0, 0.1) is 0 Å². The van der Waals surface area contributed by atoms with Crippen LogP contribution in [-0.2, 0) is 4.84 Å². The first-order chi connectivity index (χ1) is 7.40. The van der Waals surface area contributed by atoms with Gasteiger partial charge in [0.2, 0.25) is 0 Å². The van der Waals surface area contributed by atoms with Crippen molar-refractivity contribution in [3.63, 3.8) is 0 Å². The highest BCUT2D eigenvalue weighted by Gasteiger charge is 2.21. The van der Waals surface area contributed by atoms with Gasteiger partial charge in [0, 0.05) is 25.8 Å². The molecule has 0 amide bonds. The van der Waals surface area contributed by atoms with Gasteiger partial charge in [-0.1, -0.05) is 6.07 Å². The molecule has 5 nitrogen and oxygen atoms in total. The van der Waals surface area contributed by atoms with Gasteiger partial charge in [0.05, 0.1) is 7.11 Å². The van der Waals surface area contributed by atoms with Gasteiger partial charge in [-0.2, -0.15) is 5.06 Å². The smallest absolute Gasteiger partial charge is 0.127 e. The van der Waals surface area contributed by atoms with E-state index in [0.717, 1.165) is 25.5 Å². The van der Waals surface area contributed by atoms with Gasteiger partial charge in [0.1, 0.15) is 12.0 Å². The van der Waals surface area contributed by atoms with Crippen LogP contribution >= 0.6 is 24.8 Å². The summed E-state index contributed by atoms with van der Waals surface area (Å²) in [5.74, 6) is 0.869. The first-order valence-corrected chi connectivity index (χ1v) is 5.09. The van der Waals surface area contributed by atoms with Gasteiger partial charge in [0.15, 0.2) is 0 Å². The van der Waals surface area contributed by atoms with Crippen molar-refractivity contribution >= 4 is 30.6 Å². The normalized spacial score (nSPS) is 19.9. The highest BCUT2D eigenvalue weighted by atomic mass is 35.5. The second-order valence-corrected chi connectivity index (χ2v) is 3.40. The Morgan fingerprint density at radius 2 is 2.29 bits per heavy atom. The molecule has 1 aromatic heterocycles. The standard InChI is InChI=1S/C10H16N4O.2ClH/c1-15-14-7-6-11-8-10(14)13-9-4-2-3-5-12-9;;/h2-5,10-11H,6-8H2,1H3,(H,12,13);2*1H. The largest absolute Gasteiger partial charge is 0.352 e. The topological polar surface area (TPSA) is 49.4 Å². The molecule has 1 aliphatic heterocycles. The lowest BCUT2D eigenvalue weighted by atomic mass is 10.3. The van der Waals surface area contributed by atoms with Crippen molar-refractivity contribution in [1.82, 2.24) is 15.4 Å². The predicted octanol–water partition coefficient (Wildman–Crippen LogP) is 1.13. The molecule has 1 fully saturated rings. The summed E-state index contributed by atoms with van der Waals surface area (Å²) in [6, 6.07) is 5.81. The summed E-state index contributed by atoms with van der Waals surface area (Å²) >= 11 is 0. The van der Waals surface area contributed by atoms with Gasteiger partial charge in [-0.05, 0) is 12.1 Å². The molecule has 1 saturated heterocycles. The molecule has 1 atom stereocenters. The minimum absolute atomic E-state index is 0. The number of piperazine rings is 1. The van der Waals surface area contributed by atoms with E-state index in [1.807, 2.05) is 23.3 Å². The van der Waals surface area contributed by atoms with Gasteiger partial charge < -0.3 is 15.5 Å². The maximum Gasteiger partial charge on any atom is 0.127 e. The van der Waals surface area contributed by atoms with Crippen LogP contribution in [0.3, 0.4) is 0 Å². The van der Waals surface area contributed by atoms with Gasteiger partial charge in [-0.25, -0.2) is 4.98 Å². The number of nitrogens with zero attached hydrogens (tertiary/aromatic N) is 2. The molecule has 98 valence electrons. The third-order valence-electron chi connectivity index (χ3n) is 2.41. The minimum Gasteiger partial charge on any atom is -0.352 e. The zero-order valence-corrected chi connectivity index (χ0v) is 11.3. The fourth-order valence-electron chi connectivity index (χ4n) is 1.65. The fourth-order valence-corrected chi connectivity index (χ4v) is 1.65. The maximum atomic E-state index is 5.28. The molecule has 0 aromatic carbocycles. The van der Waals surface area contributed by atoms with E-state index >= 15 is 0 Å². The average molecular weight is 281 g/mol. The summed E-state index contributed by atoms with van der Waals surface area (Å²) in [4.78, 5) is 9.50. The van der Waals surface area contributed by atoms with Crippen LogP contribution in [-0.4, -0.2) is 43.0 Å². The number of rotatable bonds is 3. The molecule has 17 heavy (non-hydrogen) atoms. The minimum atomic E-state index is 0. The number of hydroxylamine groups is 2. The van der Waals surface area contributed by atoms with Crippen LogP contribution in [0.4, 0.5) is 5.82 Å². The Balaban J connectivity index is 0.00000128. The molecule has 1 aliphatic rings. The van der Waals surface area contributed by atoms with E-state index in [1.165, 1.54) is 0 Å². The molecule has 0 radical (unpaired) electrons. The summed E-state index contributed by atoms with van der Waals surface area (Å²) in [5, 5.41) is 8.54. The fraction of sp³-hybridized carbons (Fsp3) is 0.500. The Labute approximate surface area is 114 Å². The molecule has 0 bridgehead atoms. The van der Waals surface area contributed by atoms with Crippen molar-refractivity contribution in [2.24, 2.45) is 0 Å². The van der Waals surface area contributed by atoms with Crippen molar-refractivity contribution in [3.8, 4) is 0 Å². The molecular weight excluding hydrogens is 263 g/mol. The Bertz CT molecular complexity index is 302. The molecule has 1 unspecified atom stereocenters. The zero-order chi connectivity index (χ0) is 10.5. The summed E-state index contributed by atoms with van der Waals surface area (Å²) < 4.78 is 0. The Hall–Kier alpha value is -0.590. The maximum absolute atomic E-state index is 5.28. The van der Waals surface area contributed by atoms with Crippen molar-refractivity contribution in [1.29, 1.82) is 0 Å². The molecule has 0 spiro atoms. The van der Waals surface area contributed by atoms with Crippen molar-refractivity contribution in [2.45, 2.75) is 6.17 Å². The molecule has 1 aromatic rings. The van der Waals surface area contributed by atoms with Crippen LogP contribution in [0.25, 0.3) is 0 Å². The Kier molecular flexibility index (Phi) is 8.20. The Morgan fingerprint density at radius 3 is 2.94 bits per heavy atom. The van der Waals surface area contributed by atoms with Crippen LogP contribution < -0.4 is 10.6 Å². The third kappa shape index (κ3) is 4.65. The first kappa shape index (κ1) is 16.4. The highest BCUT2D eigenvalue weighted by Crippen LogP contribution is 2.08. The zero-order valence-electron chi connectivity index (χ0n) is 9.63. The van der Waals surface area contributed by atoms with Crippen LogP contribution in [0.15, 0.2) is 24.4 Å². The second kappa shape index (κ2) is 8.49. The predicted molar refractivity (Wildman–Crippen MR) is 72.7 cm³/mol. The number of pyridine rings is 1. The van der Waals surface area contributed by atoms with E-state index in [1.54, 1.807) is 13.3 Å². The van der Waals surface area contributed by atoms with E-state index in [0.29, 0.717) is 0 Å². The summed E-state index contributed by atoms with van der Waals surface area (Å²) in [6.45, 7) is 2.68. The van der Waals surface area contributed by atoms with E-state index in [9.17, 15) is 0 Å². The van der Waals surface area contributed by atoms with Crippen LogP contribution in [0.5, 0.6) is 0 Å². The number of hydrogen-bond donors (Lipinski definition) is 2. The van der Waals surface area contributed by atoms with E-state index in [2.05, 4.69) is 15.6 Å². The quantitative estimate of drug-likeness (QED) is 0.870. The Morgan fingerprint density at radius 1 is 1.47 bits per heavy atom. The van der Waals surface area contributed by atoms with E-state index < -0.39 is 0 Å². The summed E-state index contributed by atoms with van der Waals surface area (Å²) in [7, 11) is 1.69. The number of halogens is 2. The van der Waals surface area contributed by atoms with Gasteiger partial charge in [0.25, 0.3) is 0 Å². The molecule has 0 aliphatic carbocycles. The molecule has 0 saturated carbocycles. The van der Waals surface area contributed by atoms with Crippen LogP contribution in [0.2, 0.25) is 0 Å². The second-order valence-electron chi connectivity index (χ2n) is 3.40. The van der Waals surface area contributed by atoms with Gasteiger partial charge >= 0.3 is 0 Å². The molecule has 2 heterocycles. The molecular formula is C10H18Cl2N4O. The lowest BCUT2D eigenvalue weighted by molar-refractivity contribution is -0.162. The lowest BCUT2D eigenvalue weighted by Crippen LogP contribution is -2.54. The number of hydrogen-bond acceptors (Lipinski definition) is 5. The number of aromatic nitrogens is 1. The van der Waals surface area contributed by atoms with E-state index in [4.69, 9.17) is 4.84 Å². The van der Waals surface area contributed by atoms with Crippen molar-refractivity contribution < 1.29 is 4.84 Å². The van der Waals surface area contributed by atoms with Crippen LogP contribution in [0.1, 0.15) is 0 Å². The van der Waals surface area contributed by atoms with Gasteiger partial charge in [-0.3, -0.25) is 0 Å². The molecule has 2 N–H and O–H groups in total. The third-order valence-corrected chi connectivity index (χ3v) is 2.41. The summed E-state index contributed by atoms with van der Waals surface area (Å²) in [6.07, 6.45) is 1.91. The molecule has 7 heteroatoms. The van der Waals surface area contributed by atoms with E-state index in [-0.39, 0.29) is 31.0 Å². The molecule has 2 rings (SSSR count). The monoisotopic (exact) mass is 280 g/mol.